The summed E-state index contributed by atoms with van der Waals surface area (Å²) < 4.78 is 1.84. The summed E-state index contributed by atoms with van der Waals surface area (Å²) in [4.78, 5) is 14.5. The van der Waals surface area contributed by atoms with E-state index in [1.165, 1.54) is 0 Å². The van der Waals surface area contributed by atoms with Gasteiger partial charge in [-0.25, -0.2) is 9.78 Å². The predicted octanol–water partition coefficient (Wildman–Crippen LogP) is 1.66. The Hall–Kier alpha value is -2.04. The number of nitrogens with zero attached hydrogens (tertiary/aromatic N) is 2. The molecule has 0 spiro atoms. The summed E-state index contributed by atoms with van der Waals surface area (Å²) in [5.41, 5.74) is 2.30. The second kappa shape index (κ2) is 3.02. The number of benzene rings is 1. The van der Waals surface area contributed by atoms with Crippen LogP contribution in [0.15, 0.2) is 24.5 Å². The molecule has 2 rings (SSSR count). The van der Waals surface area contributed by atoms with Crippen LogP contribution in [0.5, 0.6) is 0 Å². The van der Waals surface area contributed by atoms with E-state index in [4.69, 9.17) is 5.11 Å². The van der Waals surface area contributed by atoms with Crippen LogP contribution in [0.2, 0.25) is 0 Å². The highest BCUT2D eigenvalue weighted by molar-refractivity contribution is 5.87. The van der Waals surface area contributed by atoms with Crippen molar-refractivity contribution in [3.63, 3.8) is 0 Å². The highest BCUT2D eigenvalue weighted by Crippen LogP contribution is 2.17. The summed E-state index contributed by atoms with van der Waals surface area (Å²) in [6.07, 6.45) is 0.626. The highest BCUT2D eigenvalue weighted by atomic mass is 16.4. The lowest BCUT2D eigenvalue weighted by Gasteiger charge is -2.00. The van der Waals surface area contributed by atoms with Gasteiger partial charge >= 0.3 is 6.09 Å². The van der Waals surface area contributed by atoms with E-state index in [1.807, 2.05) is 11.6 Å². The van der Waals surface area contributed by atoms with Gasteiger partial charge in [-0.05, 0) is 18.2 Å². The summed E-state index contributed by atoms with van der Waals surface area (Å²) in [6, 6.07) is 5.21. The van der Waals surface area contributed by atoms with E-state index < -0.39 is 6.09 Å². The largest absolute Gasteiger partial charge is 0.465 e. The van der Waals surface area contributed by atoms with Crippen molar-refractivity contribution in [1.29, 1.82) is 0 Å². The van der Waals surface area contributed by atoms with Gasteiger partial charge in [-0.2, -0.15) is 0 Å². The second-order valence-electron chi connectivity index (χ2n) is 2.99. The third-order valence-corrected chi connectivity index (χ3v) is 1.98. The van der Waals surface area contributed by atoms with E-state index in [-0.39, 0.29) is 0 Å². The fourth-order valence-corrected chi connectivity index (χ4v) is 1.33. The molecule has 0 unspecified atom stereocenters. The first kappa shape index (κ1) is 8.55. The number of hydrogen-bond donors (Lipinski definition) is 2. The maximum atomic E-state index is 10.4. The van der Waals surface area contributed by atoms with Crippen LogP contribution in [0.3, 0.4) is 0 Å². The zero-order valence-electron chi connectivity index (χ0n) is 7.56. The van der Waals surface area contributed by atoms with E-state index in [2.05, 4.69) is 10.3 Å². The molecule has 5 nitrogen and oxygen atoms in total. The first-order valence-electron chi connectivity index (χ1n) is 4.08. The van der Waals surface area contributed by atoms with E-state index in [9.17, 15) is 4.79 Å². The van der Waals surface area contributed by atoms with E-state index in [0.717, 1.165) is 11.0 Å². The lowest BCUT2D eigenvalue weighted by atomic mass is 10.3. The molecule has 1 heterocycles. The van der Waals surface area contributed by atoms with Crippen molar-refractivity contribution in [2.24, 2.45) is 7.05 Å². The summed E-state index contributed by atoms with van der Waals surface area (Å²) in [5, 5.41) is 10.8. The third-order valence-electron chi connectivity index (χ3n) is 1.98. The van der Waals surface area contributed by atoms with Gasteiger partial charge in [-0.15, -0.1) is 0 Å². The molecule has 5 heteroatoms. The Balaban J connectivity index is 2.49. The number of amides is 1. The molecule has 0 bridgehead atoms. The van der Waals surface area contributed by atoms with Crippen LogP contribution in [-0.4, -0.2) is 20.8 Å². The summed E-state index contributed by atoms with van der Waals surface area (Å²) >= 11 is 0. The monoisotopic (exact) mass is 191 g/mol. The minimum Gasteiger partial charge on any atom is -0.465 e. The minimum atomic E-state index is -1.06. The van der Waals surface area contributed by atoms with Crippen LogP contribution >= 0.6 is 0 Å². The van der Waals surface area contributed by atoms with Crippen LogP contribution < -0.4 is 5.32 Å². The van der Waals surface area contributed by atoms with Gasteiger partial charge in [0.05, 0.1) is 17.4 Å². The molecule has 0 radical (unpaired) electrons. The number of carboxylic acid groups (broad SMARTS) is 1. The molecule has 1 amide bonds. The summed E-state index contributed by atoms with van der Waals surface area (Å²) in [5.74, 6) is 0. The Kier molecular flexibility index (Phi) is 1.85. The maximum Gasteiger partial charge on any atom is 0.409 e. The highest BCUT2D eigenvalue weighted by Gasteiger charge is 2.02. The van der Waals surface area contributed by atoms with Crippen LogP contribution in [0.4, 0.5) is 10.5 Å². The quantitative estimate of drug-likeness (QED) is 0.720. The normalized spacial score (nSPS) is 10.4. The molecule has 0 atom stereocenters. The Bertz CT molecular complexity index is 490. The van der Waals surface area contributed by atoms with Crippen molar-refractivity contribution < 1.29 is 9.90 Å². The van der Waals surface area contributed by atoms with Crippen molar-refractivity contribution in [3.05, 3.63) is 24.5 Å². The predicted molar refractivity (Wildman–Crippen MR) is 52.4 cm³/mol. The Labute approximate surface area is 80.0 Å². The fraction of sp³-hybridized carbons (Fsp3) is 0.111. The summed E-state index contributed by atoms with van der Waals surface area (Å²) in [7, 11) is 1.86. The fourth-order valence-electron chi connectivity index (χ4n) is 1.33. The molecular formula is C9H9N3O2. The molecule has 2 N–H and O–H groups in total. The molecule has 2 aromatic rings. The Morgan fingerprint density at radius 3 is 3.07 bits per heavy atom. The number of aromatic nitrogens is 2. The van der Waals surface area contributed by atoms with Crippen LogP contribution in [-0.2, 0) is 7.05 Å². The number of aryl methyl sites for hydroxylation is 1. The molecular weight excluding hydrogens is 182 g/mol. The maximum absolute atomic E-state index is 10.4. The van der Waals surface area contributed by atoms with Gasteiger partial charge in [0.15, 0.2) is 0 Å². The van der Waals surface area contributed by atoms with Crippen molar-refractivity contribution >= 4 is 22.8 Å². The average Bonchev–Trinajstić information content (AvgIpc) is 2.47. The average molecular weight is 191 g/mol. The lowest BCUT2D eigenvalue weighted by Crippen LogP contribution is -2.06. The van der Waals surface area contributed by atoms with Gasteiger partial charge in [0, 0.05) is 12.7 Å². The number of imidazole rings is 1. The first-order chi connectivity index (χ1) is 6.66. The molecule has 0 aliphatic carbocycles. The molecule has 1 aromatic carbocycles. The van der Waals surface area contributed by atoms with Gasteiger partial charge in [0.25, 0.3) is 0 Å². The topological polar surface area (TPSA) is 67.2 Å². The van der Waals surface area contributed by atoms with Gasteiger partial charge in [-0.3, -0.25) is 5.32 Å². The van der Waals surface area contributed by atoms with Crippen LogP contribution in [0.25, 0.3) is 11.0 Å². The number of anilines is 1. The van der Waals surface area contributed by atoms with Crippen LogP contribution in [0.1, 0.15) is 0 Å². The zero-order valence-corrected chi connectivity index (χ0v) is 7.56. The first-order valence-corrected chi connectivity index (χ1v) is 4.08. The molecule has 0 aliphatic rings. The lowest BCUT2D eigenvalue weighted by molar-refractivity contribution is 0.210. The number of hydrogen-bond acceptors (Lipinski definition) is 2. The Morgan fingerprint density at radius 1 is 1.57 bits per heavy atom. The molecule has 0 saturated heterocycles. The van der Waals surface area contributed by atoms with E-state index in [0.29, 0.717) is 5.69 Å². The van der Waals surface area contributed by atoms with Crippen molar-refractivity contribution in [2.75, 3.05) is 5.32 Å². The van der Waals surface area contributed by atoms with Crippen molar-refractivity contribution in [2.45, 2.75) is 0 Å². The summed E-state index contributed by atoms with van der Waals surface area (Å²) in [6.45, 7) is 0. The van der Waals surface area contributed by atoms with Gasteiger partial charge in [-0.1, -0.05) is 0 Å². The van der Waals surface area contributed by atoms with E-state index >= 15 is 0 Å². The van der Waals surface area contributed by atoms with Crippen molar-refractivity contribution in [3.8, 4) is 0 Å². The molecule has 0 saturated carbocycles. The molecule has 72 valence electrons. The Morgan fingerprint density at radius 2 is 2.36 bits per heavy atom. The molecule has 0 fully saturated rings. The van der Waals surface area contributed by atoms with Crippen LogP contribution in [0, 0.1) is 0 Å². The van der Waals surface area contributed by atoms with Crippen molar-refractivity contribution in [1.82, 2.24) is 9.55 Å². The zero-order chi connectivity index (χ0) is 10.1. The van der Waals surface area contributed by atoms with Gasteiger partial charge in [0.2, 0.25) is 0 Å². The smallest absolute Gasteiger partial charge is 0.409 e. The standard InChI is InChI=1S/C9H9N3O2/c1-12-5-10-7-3-2-6(4-8(7)12)11-9(13)14/h2-5,11H,1H3,(H,13,14). The van der Waals surface area contributed by atoms with E-state index in [1.54, 1.807) is 24.5 Å². The third kappa shape index (κ3) is 1.39. The number of fused-ring (bicyclic) bond motifs is 1. The van der Waals surface area contributed by atoms with Gasteiger partial charge in [0.1, 0.15) is 0 Å². The SMILES string of the molecule is Cn1cnc2ccc(NC(=O)O)cc21. The number of carbonyl (C=O) groups is 1. The minimum absolute atomic E-state index is 0.550. The molecule has 14 heavy (non-hydrogen) atoms. The molecule has 0 aliphatic heterocycles. The number of nitrogens with one attached hydrogen (secondary N) is 1. The van der Waals surface area contributed by atoms with Gasteiger partial charge < -0.3 is 9.67 Å². The number of rotatable bonds is 1. The molecule has 1 aromatic heterocycles. The second-order valence-corrected chi connectivity index (χ2v) is 2.99.